The van der Waals surface area contributed by atoms with Crippen LogP contribution in [0.4, 0.5) is 10.2 Å². The van der Waals surface area contributed by atoms with Gasteiger partial charge in [-0.15, -0.1) is 4.52 Å². The standard InChI is InChI=1S/C21H25FN6O7P/c1-12(19(30)32-3)28(35-13-7-5-4-6-8-13)36(31)33-9-14-16(29)21(2,22)20(34-14)27-11-26-15-17(23)24-10-25-18(15)27/h4-8,10-12,14,16,20,29H,9H2,1-3H3,(H2,23,24,25)/q+1/t12?,14-,16-,20-,21-/m1/s1. The van der Waals surface area contributed by atoms with E-state index in [0.717, 1.165) is 11.8 Å². The number of nitrogens with two attached hydrogens (primary N) is 1. The molecule has 15 heteroatoms. The van der Waals surface area contributed by atoms with Crippen LogP contribution in [0.5, 0.6) is 5.75 Å². The summed E-state index contributed by atoms with van der Waals surface area (Å²) in [5, 5.41) is 10.6. The van der Waals surface area contributed by atoms with Crippen LogP contribution < -0.4 is 10.6 Å². The number of hydroxylamine groups is 1. The first-order valence-corrected chi connectivity index (χ1v) is 11.9. The number of hydrogen-bond donors (Lipinski definition) is 2. The van der Waals surface area contributed by atoms with Gasteiger partial charge in [0, 0.05) is 0 Å². The number of carbonyl (C=O) groups excluding carboxylic acids is 1. The maximum atomic E-state index is 15.6. The minimum atomic E-state index is -2.81. The van der Waals surface area contributed by atoms with Gasteiger partial charge in [0.25, 0.3) is 0 Å². The van der Waals surface area contributed by atoms with Gasteiger partial charge in [-0.1, -0.05) is 18.2 Å². The molecule has 192 valence electrons. The fourth-order valence-corrected chi connectivity index (χ4v) is 4.62. The first-order valence-electron chi connectivity index (χ1n) is 10.8. The number of para-hydroxylation sites is 1. The maximum Gasteiger partial charge on any atom is 0.653 e. The number of esters is 1. The van der Waals surface area contributed by atoms with Gasteiger partial charge in [-0.05, 0) is 30.5 Å². The van der Waals surface area contributed by atoms with Crippen LogP contribution in [0.2, 0.25) is 0 Å². The van der Waals surface area contributed by atoms with Gasteiger partial charge in [-0.2, -0.15) is 0 Å². The Labute approximate surface area is 205 Å². The molecule has 3 heterocycles. The van der Waals surface area contributed by atoms with E-state index in [1.165, 1.54) is 31.3 Å². The average Bonchev–Trinajstić information content (AvgIpc) is 3.40. The van der Waals surface area contributed by atoms with Crippen LogP contribution in [0.1, 0.15) is 20.1 Å². The molecule has 1 saturated heterocycles. The predicted octanol–water partition coefficient (Wildman–Crippen LogP) is 1.93. The molecular formula is C21H25FN6O7P+. The molecule has 13 nitrogen and oxygen atoms in total. The number of alkyl halides is 1. The topological polar surface area (TPSA) is 164 Å². The van der Waals surface area contributed by atoms with Crippen molar-refractivity contribution in [2.24, 2.45) is 0 Å². The van der Waals surface area contributed by atoms with Crippen molar-refractivity contribution in [3.63, 3.8) is 0 Å². The first-order chi connectivity index (χ1) is 17.1. The van der Waals surface area contributed by atoms with E-state index < -0.39 is 50.9 Å². The van der Waals surface area contributed by atoms with Gasteiger partial charge in [0.2, 0.25) is 0 Å². The number of ether oxygens (including phenoxy) is 2. The van der Waals surface area contributed by atoms with E-state index in [1.54, 1.807) is 30.3 Å². The summed E-state index contributed by atoms with van der Waals surface area (Å²) in [7, 11) is -1.64. The molecule has 4 rings (SSSR count). The Morgan fingerprint density at radius 3 is 2.78 bits per heavy atom. The Balaban J connectivity index is 1.50. The number of imidazole rings is 1. The Morgan fingerprint density at radius 1 is 1.36 bits per heavy atom. The van der Waals surface area contributed by atoms with Crippen molar-refractivity contribution in [1.82, 2.24) is 24.4 Å². The summed E-state index contributed by atoms with van der Waals surface area (Å²) in [5.74, 6) is -0.324. The summed E-state index contributed by atoms with van der Waals surface area (Å²) < 4.78 is 45.8. The molecule has 36 heavy (non-hydrogen) atoms. The molecule has 6 atom stereocenters. The second kappa shape index (κ2) is 10.4. The summed E-state index contributed by atoms with van der Waals surface area (Å²) >= 11 is 0. The normalized spacial score (nSPS) is 25.2. The van der Waals surface area contributed by atoms with Gasteiger partial charge in [0.15, 0.2) is 35.2 Å². The lowest BCUT2D eigenvalue weighted by molar-refractivity contribution is -0.152. The lowest BCUT2D eigenvalue weighted by Gasteiger charge is -2.24. The zero-order valence-corrected chi connectivity index (χ0v) is 20.5. The van der Waals surface area contributed by atoms with Gasteiger partial charge in [-0.3, -0.25) is 9.36 Å². The number of rotatable bonds is 9. The monoisotopic (exact) mass is 523 g/mol. The van der Waals surface area contributed by atoms with E-state index in [-0.39, 0.29) is 17.0 Å². The molecule has 1 aromatic carbocycles. The highest BCUT2D eigenvalue weighted by molar-refractivity contribution is 7.36. The van der Waals surface area contributed by atoms with Crippen LogP contribution in [0, 0.1) is 0 Å². The highest BCUT2D eigenvalue weighted by Gasteiger charge is 2.56. The summed E-state index contributed by atoms with van der Waals surface area (Å²) in [5.41, 5.74) is 3.96. The summed E-state index contributed by atoms with van der Waals surface area (Å²) in [4.78, 5) is 30.5. The quantitative estimate of drug-likeness (QED) is 0.238. The third-order valence-corrected chi connectivity index (χ3v) is 6.80. The van der Waals surface area contributed by atoms with Crippen molar-refractivity contribution in [2.75, 3.05) is 19.5 Å². The number of nitrogen functional groups attached to an aromatic ring is 1. The van der Waals surface area contributed by atoms with Crippen LogP contribution in [0.3, 0.4) is 0 Å². The molecule has 2 unspecified atom stereocenters. The van der Waals surface area contributed by atoms with Gasteiger partial charge >= 0.3 is 14.1 Å². The third kappa shape index (κ3) is 4.86. The Kier molecular flexibility index (Phi) is 7.43. The molecule has 1 aliphatic heterocycles. The van der Waals surface area contributed by atoms with E-state index in [2.05, 4.69) is 15.0 Å². The minimum Gasteiger partial charge on any atom is -0.468 e. The Hall–Kier alpha value is -3.29. The molecule has 1 aliphatic rings. The molecule has 0 bridgehead atoms. The highest BCUT2D eigenvalue weighted by atomic mass is 31.1. The zero-order chi connectivity index (χ0) is 26.0. The molecule has 0 saturated carbocycles. The number of aliphatic hydroxyl groups is 1. The van der Waals surface area contributed by atoms with Crippen LogP contribution in [-0.4, -0.2) is 73.1 Å². The molecule has 3 N–H and O–H groups in total. The molecule has 0 aliphatic carbocycles. The van der Waals surface area contributed by atoms with E-state index in [9.17, 15) is 14.5 Å². The van der Waals surface area contributed by atoms with Crippen molar-refractivity contribution in [1.29, 1.82) is 0 Å². The number of halogens is 1. The van der Waals surface area contributed by atoms with Gasteiger partial charge in [0.05, 0.1) is 13.4 Å². The van der Waals surface area contributed by atoms with Crippen molar-refractivity contribution in [2.45, 2.75) is 44.0 Å². The second-order valence-electron chi connectivity index (χ2n) is 8.15. The lowest BCUT2D eigenvalue weighted by Crippen LogP contribution is -2.41. The van der Waals surface area contributed by atoms with Crippen LogP contribution in [0.15, 0.2) is 43.0 Å². The number of benzene rings is 1. The van der Waals surface area contributed by atoms with E-state index in [4.69, 9.17) is 24.6 Å². The SMILES string of the molecule is COC(=O)C(C)N(Oc1ccccc1)[P+](=O)OC[C@H]1O[C@@H](n2cnc3c(N)ncnc32)[C@](C)(F)[C@@H]1O. The van der Waals surface area contributed by atoms with Gasteiger partial charge in [0.1, 0.15) is 35.5 Å². The summed E-state index contributed by atoms with van der Waals surface area (Å²) in [6, 6.07) is 7.20. The first kappa shape index (κ1) is 25.8. The maximum absolute atomic E-state index is 15.6. The molecular weight excluding hydrogens is 498 g/mol. The predicted molar refractivity (Wildman–Crippen MR) is 123 cm³/mol. The third-order valence-electron chi connectivity index (χ3n) is 5.68. The smallest absolute Gasteiger partial charge is 0.468 e. The van der Waals surface area contributed by atoms with Gasteiger partial charge in [-0.25, -0.2) is 19.3 Å². The minimum absolute atomic E-state index is 0.105. The number of nitrogens with zero attached hydrogens (tertiary/aromatic N) is 5. The molecule has 1 fully saturated rings. The van der Waals surface area contributed by atoms with Crippen molar-refractivity contribution < 1.29 is 37.7 Å². The number of anilines is 1. The Bertz CT molecular complexity index is 1250. The average molecular weight is 523 g/mol. The highest BCUT2D eigenvalue weighted by Crippen LogP contribution is 2.44. The van der Waals surface area contributed by atoms with Crippen molar-refractivity contribution in [3.8, 4) is 5.75 Å². The molecule has 0 radical (unpaired) electrons. The lowest BCUT2D eigenvalue weighted by atomic mass is 9.98. The molecule has 0 spiro atoms. The number of aliphatic hydroxyl groups excluding tert-OH is 1. The van der Waals surface area contributed by atoms with E-state index in [1.807, 2.05) is 0 Å². The fraction of sp³-hybridized carbons (Fsp3) is 0.429. The van der Waals surface area contributed by atoms with Gasteiger partial charge < -0.3 is 25.2 Å². The fourth-order valence-electron chi connectivity index (χ4n) is 3.69. The van der Waals surface area contributed by atoms with Crippen LogP contribution in [-0.2, 0) is 23.4 Å². The zero-order valence-electron chi connectivity index (χ0n) is 19.6. The van der Waals surface area contributed by atoms with Crippen LogP contribution in [0.25, 0.3) is 11.2 Å². The largest absolute Gasteiger partial charge is 0.653 e. The summed E-state index contributed by atoms with van der Waals surface area (Å²) in [6.07, 6.45) is -1.76. The molecule has 2 aromatic heterocycles. The number of methoxy groups -OCH3 is 1. The number of hydrogen-bond acceptors (Lipinski definition) is 11. The van der Waals surface area contributed by atoms with Crippen molar-refractivity contribution in [3.05, 3.63) is 43.0 Å². The number of fused-ring (bicyclic) bond motifs is 1. The second-order valence-corrected chi connectivity index (χ2v) is 9.27. The van der Waals surface area contributed by atoms with E-state index in [0.29, 0.717) is 5.75 Å². The Morgan fingerprint density at radius 2 is 2.08 bits per heavy atom. The van der Waals surface area contributed by atoms with Crippen LogP contribution >= 0.6 is 8.18 Å². The summed E-state index contributed by atoms with van der Waals surface area (Å²) in [6.45, 7) is 2.08. The van der Waals surface area contributed by atoms with E-state index >= 15 is 4.39 Å². The number of aromatic nitrogens is 4. The molecule has 3 aromatic rings. The van der Waals surface area contributed by atoms with Crippen molar-refractivity contribution >= 4 is 31.1 Å². The number of carbonyl (C=O) groups is 1. The molecule has 0 amide bonds.